The number of hydrogen-bond acceptors (Lipinski definition) is 3. The Morgan fingerprint density at radius 1 is 0.971 bits per heavy atom. The maximum Gasteiger partial charge on any atom is 0.256 e. The summed E-state index contributed by atoms with van der Waals surface area (Å²) in [5, 5.41) is 7.50. The summed E-state index contributed by atoms with van der Waals surface area (Å²) in [7, 11) is 0. The molecule has 1 aliphatic rings. The molecule has 0 saturated carbocycles. The average Bonchev–Trinajstić information content (AvgIpc) is 3.56. The summed E-state index contributed by atoms with van der Waals surface area (Å²) in [4.78, 5) is 15.5. The van der Waals surface area contributed by atoms with Crippen molar-refractivity contribution in [2.45, 2.75) is 19.3 Å². The Bertz CT molecular complexity index is 1230. The van der Waals surface area contributed by atoms with Crippen molar-refractivity contribution in [3.8, 4) is 11.5 Å². The number of carbonyl (C=O) groups excluding carboxylic acids is 1. The minimum Gasteiger partial charge on any atom is -0.351 e. The van der Waals surface area contributed by atoms with Gasteiger partial charge in [-0.2, -0.15) is 5.10 Å². The molecule has 35 heavy (non-hydrogen) atoms. The molecular formula is C28H30FN5O. The van der Waals surface area contributed by atoms with Gasteiger partial charge in [-0.3, -0.25) is 4.79 Å². The van der Waals surface area contributed by atoms with Gasteiger partial charge in [0, 0.05) is 25.5 Å². The number of likely N-dealkylation sites (tertiary alicyclic amines) is 1. The number of carbonyl (C=O) groups is 1. The number of hydrogen-bond donors (Lipinski definition) is 1. The largest absolute Gasteiger partial charge is 0.351 e. The molecule has 5 rings (SSSR count). The molecule has 6 nitrogen and oxygen atoms in total. The molecule has 1 saturated heterocycles. The Hall–Kier alpha value is -3.71. The lowest BCUT2D eigenvalue weighted by molar-refractivity contribution is 0.0944. The van der Waals surface area contributed by atoms with E-state index in [9.17, 15) is 9.18 Å². The topological polar surface area (TPSA) is 55.1 Å². The third-order valence-corrected chi connectivity index (χ3v) is 6.70. The van der Waals surface area contributed by atoms with Crippen LogP contribution in [0.5, 0.6) is 0 Å². The fourth-order valence-electron chi connectivity index (χ4n) is 4.78. The fourth-order valence-corrected chi connectivity index (χ4v) is 4.78. The lowest BCUT2D eigenvalue weighted by Crippen LogP contribution is -2.40. The molecule has 0 unspecified atom stereocenters. The van der Waals surface area contributed by atoms with E-state index in [2.05, 4.69) is 45.6 Å². The van der Waals surface area contributed by atoms with Crippen LogP contribution in [0.25, 0.3) is 11.5 Å². The van der Waals surface area contributed by atoms with Crippen molar-refractivity contribution in [3.63, 3.8) is 0 Å². The van der Waals surface area contributed by atoms with Gasteiger partial charge < -0.3 is 14.8 Å². The lowest BCUT2D eigenvalue weighted by Gasteiger charge is -2.32. The molecule has 0 atom stereocenters. The van der Waals surface area contributed by atoms with E-state index in [-0.39, 0.29) is 11.7 Å². The van der Waals surface area contributed by atoms with Crippen molar-refractivity contribution in [1.82, 2.24) is 24.6 Å². The third kappa shape index (κ3) is 5.52. The quantitative estimate of drug-likeness (QED) is 0.412. The predicted molar refractivity (Wildman–Crippen MR) is 134 cm³/mol. The van der Waals surface area contributed by atoms with Crippen LogP contribution in [0.3, 0.4) is 0 Å². The summed E-state index contributed by atoms with van der Waals surface area (Å²) in [6.45, 7) is 3.53. The Labute approximate surface area is 205 Å². The summed E-state index contributed by atoms with van der Waals surface area (Å²) >= 11 is 0. The number of nitrogens with one attached hydrogen (secondary N) is 1. The fraction of sp³-hybridized carbons (Fsp3) is 0.286. The molecule has 1 aliphatic heterocycles. The van der Waals surface area contributed by atoms with E-state index in [1.54, 1.807) is 23.0 Å². The maximum atomic E-state index is 13.4. The van der Waals surface area contributed by atoms with Gasteiger partial charge in [-0.1, -0.05) is 30.3 Å². The van der Waals surface area contributed by atoms with Crippen LogP contribution in [-0.4, -0.2) is 51.3 Å². The monoisotopic (exact) mass is 471 g/mol. The van der Waals surface area contributed by atoms with Gasteiger partial charge in [0.15, 0.2) is 5.82 Å². The highest BCUT2D eigenvalue weighted by molar-refractivity contribution is 5.97. The van der Waals surface area contributed by atoms with Gasteiger partial charge in [0.2, 0.25) is 0 Å². The zero-order valence-electron chi connectivity index (χ0n) is 19.7. The lowest BCUT2D eigenvalue weighted by atomic mass is 9.90. The first kappa shape index (κ1) is 23.1. The van der Waals surface area contributed by atoms with Gasteiger partial charge in [0.05, 0.1) is 11.9 Å². The first-order valence-corrected chi connectivity index (χ1v) is 12.2. The molecule has 2 aromatic carbocycles. The van der Waals surface area contributed by atoms with Gasteiger partial charge in [0.1, 0.15) is 11.4 Å². The number of piperidine rings is 1. The number of aromatic nitrogens is 3. The molecule has 180 valence electrons. The SMILES string of the molecule is O=C(NCCN1CCC(Cc2ccccc2)CC1)c1cnn(-c2ccc(F)cc2)c1-n1cccc1. The molecule has 0 aliphatic carbocycles. The highest BCUT2D eigenvalue weighted by atomic mass is 19.1. The number of benzene rings is 2. The molecule has 7 heteroatoms. The van der Waals surface area contributed by atoms with Crippen molar-refractivity contribution < 1.29 is 9.18 Å². The van der Waals surface area contributed by atoms with Gasteiger partial charge in [-0.05, 0) is 80.2 Å². The second-order valence-electron chi connectivity index (χ2n) is 9.09. The van der Waals surface area contributed by atoms with E-state index >= 15 is 0 Å². The molecule has 0 radical (unpaired) electrons. The van der Waals surface area contributed by atoms with E-state index in [1.807, 2.05) is 29.1 Å². The van der Waals surface area contributed by atoms with Crippen LogP contribution >= 0.6 is 0 Å². The highest BCUT2D eigenvalue weighted by Gasteiger charge is 2.22. The second-order valence-corrected chi connectivity index (χ2v) is 9.09. The van der Waals surface area contributed by atoms with Crippen LogP contribution in [0.1, 0.15) is 28.8 Å². The van der Waals surface area contributed by atoms with Crippen molar-refractivity contribution in [2.24, 2.45) is 5.92 Å². The van der Waals surface area contributed by atoms with Crippen LogP contribution in [-0.2, 0) is 6.42 Å². The third-order valence-electron chi connectivity index (χ3n) is 6.70. The molecule has 4 aromatic rings. The molecule has 1 amide bonds. The van der Waals surface area contributed by atoms with Crippen molar-refractivity contribution in [1.29, 1.82) is 0 Å². The zero-order chi connectivity index (χ0) is 24.0. The minimum absolute atomic E-state index is 0.166. The number of nitrogens with zero attached hydrogens (tertiary/aromatic N) is 4. The summed E-state index contributed by atoms with van der Waals surface area (Å²) < 4.78 is 16.9. The molecule has 0 spiro atoms. The molecule has 0 bridgehead atoms. The first-order valence-electron chi connectivity index (χ1n) is 12.2. The van der Waals surface area contributed by atoms with Gasteiger partial charge in [-0.15, -0.1) is 0 Å². The van der Waals surface area contributed by atoms with Crippen molar-refractivity contribution in [3.05, 3.63) is 102 Å². The standard InChI is InChI=1S/C28H30FN5O/c29-24-8-10-25(11-9-24)34-28(33-15-4-5-16-33)26(21-31-34)27(35)30-14-19-32-17-12-23(13-18-32)20-22-6-2-1-3-7-22/h1-11,15-16,21,23H,12-14,17-20H2,(H,30,35). The van der Waals surface area contributed by atoms with Crippen LogP contribution in [0, 0.1) is 11.7 Å². The molecule has 3 heterocycles. The van der Waals surface area contributed by atoms with E-state index < -0.39 is 0 Å². The summed E-state index contributed by atoms with van der Waals surface area (Å²) in [6.07, 6.45) is 8.83. The molecule has 1 fully saturated rings. The number of rotatable bonds is 8. The van der Waals surface area contributed by atoms with Crippen LogP contribution < -0.4 is 5.32 Å². The first-order chi connectivity index (χ1) is 17.2. The molecule has 1 N–H and O–H groups in total. The summed E-state index contributed by atoms with van der Waals surface area (Å²) in [5.41, 5.74) is 2.58. The average molecular weight is 472 g/mol. The van der Waals surface area contributed by atoms with E-state index in [0.717, 1.165) is 32.0 Å². The van der Waals surface area contributed by atoms with Crippen LogP contribution in [0.2, 0.25) is 0 Å². The van der Waals surface area contributed by atoms with Crippen LogP contribution in [0.15, 0.2) is 85.3 Å². The van der Waals surface area contributed by atoms with Gasteiger partial charge in [-0.25, -0.2) is 9.07 Å². The Morgan fingerprint density at radius 2 is 1.69 bits per heavy atom. The number of amides is 1. The van der Waals surface area contributed by atoms with Crippen molar-refractivity contribution in [2.75, 3.05) is 26.2 Å². The zero-order valence-corrected chi connectivity index (χ0v) is 19.7. The molecular weight excluding hydrogens is 441 g/mol. The Balaban J connectivity index is 1.18. The summed E-state index contributed by atoms with van der Waals surface area (Å²) in [6, 6.07) is 20.6. The predicted octanol–water partition coefficient (Wildman–Crippen LogP) is 4.49. The number of halogens is 1. The van der Waals surface area contributed by atoms with E-state index in [0.29, 0.717) is 23.6 Å². The normalized spacial score (nSPS) is 14.8. The highest BCUT2D eigenvalue weighted by Crippen LogP contribution is 2.22. The van der Waals surface area contributed by atoms with E-state index in [4.69, 9.17) is 0 Å². The van der Waals surface area contributed by atoms with E-state index in [1.165, 1.54) is 30.5 Å². The van der Waals surface area contributed by atoms with Crippen molar-refractivity contribution >= 4 is 5.91 Å². The second kappa shape index (κ2) is 10.7. The summed E-state index contributed by atoms with van der Waals surface area (Å²) in [5.74, 6) is 0.872. The minimum atomic E-state index is -0.314. The Morgan fingerprint density at radius 3 is 2.40 bits per heavy atom. The maximum absolute atomic E-state index is 13.4. The van der Waals surface area contributed by atoms with Gasteiger partial charge >= 0.3 is 0 Å². The Kier molecular flexibility index (Phi) is 7.04. The van der Waals surface area contributed by atoms with Crippen LogP contribution in [0.4, 0.5) is 4.39 Å². The van der Waals surface area contributed by atoms with Gasteiger partial charge in [0.25, 0.3) is 5.91 Å². The smallest absolute Gasteiger partial charge is 0.256 e. The molecule has 2 aromatic heterocycles.